The van der Waals surface area contributed by atoms with Gasteiger partial charge in [-0.15, -0.1) is 0 Å². The number of nitrogens with two attached hydrogens (primary N) is 1. The lowest BCUT2D eigenvalue weighted by atomic mass is 10.1. The number of aromatic amines is 1. The first-order valence-corrected chi connectivity index (χ1v) is 9.76. The van der Waals surface area contributed by atoms with E-state index in [0.717, 1.165) is 16.6 Å². The largest absolute Gasteiger partial charge is 0.352 e. The van der Waals surface area contributed by atoms with Crippen molar-refractivity contribution < 1.29 is 9.59 Å². The first-order valence-electron chi connectivity index (χ1n) is 8.78. The van der Waals surface area contributed by atoms with Gasteiger partial charge in [0.25, 0.3) is 0 Å². The van der Waals surface area contributed by atoms with E-state index in [1.807, 2.05) is 39.0 Å². The summed E-state index contributed by atoms with van der Waals surface area (Å²) < 4.78 is 0. The smallest absolute Gasteiger partial charge is 0.243 e. The molecule has 1 saturated heterocycles. The Kier molecular flexibility index (Phi) is 5.52. The molecule has 4 N–H and O–H groups in total. The number of fused-ring (bicyclic) bond motifs is 1. The van der Waals surface area contributed by atoms with E-state index in [0.29, 0.717) is 18.1 Å². The Morgan fingerprint density at radius 2 is 2.23 bits per heavy atom. The van der Waals surface area contributed by atoms with E-state index in [9.17, 15) is 9.59 Å². The molecule has 2 aromatic rings. The Labute approximate surface area is 157 Å². The Balaban J connectivity index is 1.64. The van der Waals surface area contributed by atoms with Crippen LogP contribution in [0.1, 0.15) is 25.8 Å². The van der Waals surface area contributed by atoms with E-state index in [-0.39, 0.29) is 29.7 Å². The van der Waals surface area contributed by atoms with Crippen molar-refractivity contribution in [3.05, 3.63) is 23.8 Å². The van der Waals surface area contributed by atoms with Gasteiger partial charge in [0.2, 0.25) is 11.8 Å². The summed E-state index contributed by atoms with van der Waals surface area (Å²) in [6.07, 6.45) is 0.499. The van der Waals surface area contributed by atoms with Crippen molar-refractivity contribution >= 4 is 34.6 Å². The standard InChI is InChI=1S/C18H25N5O2S/c1-10(2)20-17(25)15-7-12(19)8-23(15)16(24)9-26-18-21-13-5-4-11(3)6-14(13)22-18/h4-6,10,12,15H,7-9,19H2,1-3H3,(H,20,25)(H,21,22)/t12-,15+/m1/s1. The van der Waals surface area contributed by atoms with Gasteiger partial charge in [0, 0.05) is 18.6 Å². The lowest BCUT2D eigenvalue weighted by Crippen LogP contribution is -2.48. The van der Waals surface area contributed by atoms with E-state index in [1.165, 1.54) is 11.8 Å². The molecule has 26 heavy (non-hydrogen) atoms. The molecule has 1 aromatic carbocycles. The van der Waals surface area contributed by atoms with Crippen molar-refractivity contribution in [2.75, 3.05) is 12.3 Å². The number of aryl methyl sites for hydroxylation is 1. The zero-order valence-corrected chi connectivity index (χ0v) is 16.1. The molecule has 8 heteroatoms. The number of hydrogen-bond acceptors (Lipinski definition) is 5. The third kappa shape index (κ3) is 4.19. The first kappa shape index (κ1) is 18.7. The van der Waals surface area contributed by atoms with Crippen molar-refractivity contribution in [2.24, 2.45) is 5.73 Å². The van der Waals surface area contributed by atoms with Crippen LogP contribution in [0.4, 0.5) is 0 Å². The highest BCUT2D eigenvalue weighted by Gasteiger charge is 2.38. The van der Waals surface area contributed by atoms with Gasteiger partial charge in [-0.2, -0.15) is 0 Å². The predicted molar refractivity (Wildman–Crippen MR) is 103 cm³/mol. The third-order valence-corrected chi connectivity index (χ3v) is 5.19. The number of aromatic nitrogens is 2. The van der Waals surface area contributed by atoms with Gasteiger partial charge in [-0.25, -0.2) is 4.98 Å². The van der Waals surface area contributed by atoms with E-state index in [2.05, 4.69) is 15.3 Å². The number of amides is 2. The minimum Gasteiger partial charge on any atom is -0.352 e. The van der Waals surface area contributed by atoms with Crippen LogP contribution in [0.2, 0.25) is 0 Å². The van der Waals surface area contributed by atoms with Gasteiger partial charge in [-0.05, 0) is 44.9 Å². The van der Waals surface area contributed by atoms with E-state index in [4.69, 9.17) is 5.73 Å². The van der Waals surface area contributed by atoms with Crippen molar-refractivity contribution in [3.63, 3.8) is 0 Å². The zero-order chi connectivity index (χ0) is 18.8. The van der Waals surface area contributed by atoms with Crippen LogP contribution in [-0.2, 0) is 9.59 Å². The third-order valence-electron chi connectivity index (χ3n) is 4.34. The molecule has 0 unspecified atom stereocenters. The van der Waals surface area contributed by atoms with Gasteiger partial charge in [-0.1, -0.05) is 17.8 Å². The summed E-state index contributed by atoms with van der Waals surface area (Å²) in [7, 11) is 0. The molecule has 3 rings (SSSR count). The second-order valence-electron chi connectivity index (χ2n) is 7.07. The summed E-state index contributed by atoms with van der Waals surface area (Å²) in [6.45, 7) is 6.24. The average Bonchev–Trinajstić information content (AvgIpc) is 3.14. The average molecular weight is 375 g/mol. The topological polar surface area (TPSA) is 104 Å². The number of imidazole rings is 1. The number of H-pyrrole nitrogens is 1. The Morgan fingerprint density at radius 3 is 2.96 bits per heavy atom. The van der Waals surface area contributed by atoms with Gasteiger partial charge >= 0.3 is 0 Å². The Bertz CT molecular complexity index is 819. The maximum Gasteiger partial charge on any atom is 0.243 e. The van der Waals surface area contributed by atoms with Gasteiger partial charge in [-0.3, -0.25) is 9.59 Å². The molecule has 0 saturated carbocycles. The number of carbonyl (C=O) groups excluding carboxylic acids is 2. The fraction of sp³-hybridized carbons (Fsp3) is 0.500. The minimum absolute atomic E-state index is 0.0321. The number of likely N-dealkylation sites (tertiary alicyclic amines) is 1. The summed E-state index contributed by atoms with van der Waals surface area (Å²) in [6, 6.07) is 5.37. The molecule has 0 spiro atoms. The predicted octanol–water partition coefficient (Wildman–Crippen LogP) is 1.42. The van der Waals surface area contributed by atoms with Crippen LogP contribution in [-0.4, -0.2) is 57.1 Å². The molecule has 1 fully saturated rings. The van der Waals surface area contributed by atoms with Crippen molar-refractivity contribution in [2.45, 2.75) is 50.5 Å². The molecule has 1 aliphatic heterocycles. The SMILES string of the molecule is Cc1ccc2nc(SCC(=O)N3C[C@H](N)C[C@H]3C(=O)NC(C)C)[nH]c2c1. The molecular weight excluding hydrogens is 350 g/mol. The van der Waals surface area contributed by atoms with Crippen molar-refractivity contribution in [3.8, 4) is 0 Å². The second kappa shape index (κ2) is 7.67. The van der Waals surface area contributed by atoms with Crippen LogP contribution in [0.3, 0.4) is 0 Å². The quantitative estimate of drug-likeness (QED) is 0.686. The second-order valence-corrected chi connectivity index (χ2v) is 8.04. The van der Waals surface area contributed by atoms with Crippen LogP contribution in [0, 0.1) is 6.92 Å². The monoisotopic (exact) mass is 375 g/mol. The molecule has 140 valence electrons. The minimum atomic E-state index is -0.487. The molecule has 1 aromatic heterocycles. The van der Waals surface area contributed by atoms with E-state index >= 15 is 0 Å². The van der Waals surface area contributed by atoms with Gasteiger partial charge in [0.05, 0.1) is 16.8 Å². The summed E-state index contributed by atoms with van der Waals surface area (Å²) in [5.74, 6) is -0.00854. The first-order chi connectivity index (χ1) is 12.3. The van der Waals surface area contributed by atoms with Crippen LogP contribution < -0.4 is 11.1 Å². The van der Waals surface area contributed by atoms with Gasteiger partial charge in [0.1, 0.15) is 6.04 Å². The van der Waals surface area contributed by atoms with Gasteiger partial charge in [0.15, 0.2) is 5.16 Å². The number of benzene rings is 1. The molecule has 2 heterocycles. The fourth-order valence-corrected chi connectivity index (χ4v) is 3.93. The molecule has 7 nitrogen and oxygen atoms in total. The molecule has 0 aliphatic carbocycles. The molecule has 1 aliphatic rings. The maximum absolute atomic E-state index is 12.7. The van der Waals surface area contributed by atoms with Crippen molar-refractivity contribution in [1.82, 2.24) is 20.2 Å². The number of nitrogens with zero attached hydrogens (tertiary/aromatic N) is 2. The summed E-state index contributed by atoms with van der Waals surface area (Å²) in [5.41, 5.74) is 8.98. The fourth-order valence-electron chi connectivity index (χ4n) is 3.15. The van der Waals surface area contributed by atoms with E-state index in [1.54, 1.807) is 4.90 Å². The lowest BCUT2D eigenvalue weighted by Gasteiger charge is -2.24. The molecule has 2 amide bonds. The maximum atomic E-state index is 12.7. The number of thioether (sulfide) groups is 1. The normalized spacial score (nSPS) is 20.1. The Morgan fingerprint density at radius 1 is 1.46 bits per heavy atom. The number of hydrogen-bond donors (Lipinski definition) is 3. The molecular formula is C18H25N5O2S. The highest BCUT2D eigenvalue weighted by Crippen LogP contribution is 2.23. The molecule has 0 bridgehead atoms. The highest BCUT2D eigenvalue weighted by atomic mass is 32.2. The summed E-state index contributed by atoms with van der Waals surface area (Å²) in [4.78, 5) is 34.3. The number of rotatable bonds is 5. The zero-order valence-electron chi connectivity index (χ0n) is 15.3. The lowest BCUT2D eigenvalue weighted by molar-refractivity contribution is -0.136. The van der Waals surface area contributed by atoms with Crippen LogP contribution in [0.5, 0.6) is 0 Å². The van der Waals surface area contributed by atoms with Gasteiger partial charge < -0.3 is 20.9 Å². The van der Waals surface area contributed by atoms with Crippen molar-refractivity contribution in [1.29, 1.82) is 0 Å². The highest BCUT2D eigenvalue weighted by molar-refractivity contribution is 7.99. The Hall–Kier alpha value is -2.06. The summed E-state index contributed by atoms with van der Waals surface area (Å²) in [5, 5.41) is 3.57. The summed E-state index contributed by atoms with van der Waals surface area (Å²) >= 11 is 1.35. The van der Waals surface area contributed by atoms with E-state index < -0.39 is 6.04 Å². The number of nitrogens with one attached hydrogen (secondary N) is 2. The van der Waals surface area contributed by atoms with Crippen LogP contribution in [0.25, 0.3) is 11.0 Å². The van der Waals surface area contributed by atoms with Crippen LogP contribution >= 0.6 is 11.8 Å². The number of carbonyl (C=O) groups is 2. The van der Waals surface area contributed by atoms with Crippen LogP contribution in [0.15, 0.2) is 23.4 Å². The molecule has 2 atom stereocenters. The molecule has 0 radical (unpaired) electrons.